The van der Waals surface area contributed by atoms with Crippen LogP contribution in [0.2, 0.25) is 0 Å². The molecule has 0 aliphatic rings. The second kappa shape index (κ2) is 6.56. The van der Waals surface area contributed by atoms with Crippen molar-refractivity contribution >= 4 is 11.9 Å². The first-order valence-electron chi connectivity index (χ1n) is 7.21. The van der Waals surface area contributed by atoms with E-state index in [-0.39, 0.29) is 0 Å². The zero-order chi connectivity index (χ0) is 17.0. The number of carboxylic acids is 2. The minimum atomic E-state index is -2.07. The van der Waals surface area contributed by atoms with Crippen LogP contribution in [0.1, 0.15) is 37.1 Å². The SMILES string of the molecule is CC(c1ccccn1)C(C(=O)O)(C(=O)O)C(C)c1ccccn1. The van der Waals surface area contributed by atoms with Crippen molar-refractivity contribution in [3.05, 3.63) is 60.2 Å². The molecule has 0 aromatic carbocycles. The van der Waals surface area contributed by atoms with E-state index in [9.17, 15) is 19.8 Å². The Hall–Kier alpha value is -2.76. The molecular weight excluding hydrogens is 296 g/mol. The lowest BCUT2D eigenvalue weighted by atomic mass is 9.65. The van der Waals surface area contributed by atoms with Crippen LogP contribution in [-0.4, -0.2) is 32.1 Å². The van der Waals surface area contributed by atoms with Gasteiger partial charge in [-0.3, -0.25) is 19.6 Å². The van der Waals surface area contributed by atoms with E-state index in [2.05, 4.69) is 9.97 Å². The average molecular weight is 314 g/mol. The minimum Gasteiger partial charge on any atom is -0.480 e. The predicted octanol–water partition coefficient (Wildman–Crippen LogP) is 2.54. The van der Waals surface area contributed by atoms with Crippen molar-refractivity contribution in [2.45, 2.75) is 25.7 Å². The van der Waals surface area contributed by atoms with Gasteiger partial charge in [0.15, 0.2) is 5.41 Å². The van der Waals surface area contributed by atoms with Gasteiger partial charge in [-0.15, -0.1) is 0 Å². The van der Waals surface area contributed by atoms with E-state index >= 15 is 0 Å². The first-order chi connectivity index (χ1) is 10.9. The third-order valence-corrected chi connectivity index (χ3v) is 4.34. The molecule has 2 aromatic rings. The molecule has 0 bridgehead atoms. The van der Waals surface area contributed by atoms with E-state index in [1.54, 1.807) is 50.2 Å². The summed E-state index contributed by atoms with van der Waals surface area (Å²) < 4.78 is 0. The van der Waals surface area contributed by atoms with Crippen molar-refractivity contribution in [1.82, 2.24) is 9.97 Å². The zero-order valence-electron chi connectivity index (χ0n) is 12.9. The van der Waals surface area contributed by atoms with Crippen molar-refractivity contribution in [2.75, 3.05) is 0 Å². The highest BCUT2D eigenvalue weighted by molar-refractivity contribution is 6.00. The van der Waals surface area contributed by atoms with Gasteiger partial charge in [-0.05, 0) is 24.3 Å². The van der Waals surface area contributed by atoms with Crippen LogP contribution in [0.4, 0.5) is 0 Å². The molecular formula is C17H18N2O4. The summed E-state index contributed by atoms with van der Waals surface area (Å²) in [4.78, 5) is 32.4. The molecule has 0 amide bonds. The molecule has 0 aliphatic heterocycles. The fourth-order valence-corrected chi connectivity index (χ4v) is 2.94. The third kappa shape index (κ3) is 2.79. The number of pyridine rings is 2. The highest BCUT2D eigenvalue weighted by atomic mass is 16.4. The van der Waals surface area contributed by atoms with Gasteiger partial charge in [0.05, 0.1) is 0 Å². The quantitative estimate of drug-likeness (QED) is 0.795. The molecule has 0 saturated carbocycles. The van der Waals surface area contributed by atoms with Crippen molar-refractivity contribution < 1.29 is 19.8 Å². The van der Waals surface area contributed by atoms with E-state index in [1.807, 2.05) is 0 Å². The third-order valence-electron chi connectivity index (χ3n) is 4.34. The standard InChI is InChI=1S/C17H18N2O4/c1-11(13-7-3-5-9-18-13)17(15(20)21,16(22)23)12(2)14-8-4-6-10-19-14/h3-12H,1-2H3,(H,20,21)(H,22,23). The minimum absolute atomic E-state index is 0.417. The number of carboxylic acid groups (broad SMARTS) is 2. The maximum Gasteiger partial charge on any atom is 0.322 e. The first kappa shape index (κ1) is 16.6. The Morgan fingerprint density at radius 1 is 0.870 bits per heavy atom. The lowest BCUT2D eigenvalue weighted by molar-refractivity contribution is -0.168. The molecule has 2 unspecified atom stereocenters. The fraction of sp³-hybridized carbons (Fsp3) is 0.294. The molecule has 6 nitrogen and oxygen atoms in total. The summed E-state index contributed by atoms with van der Waals surface area (Å²) in [5.74, 6) is -4.48. The van der Waals surface area contributed by atoms with Crippen LogP contribution in [0.15, 0.2) is 48.8 Å². The van der Waals surface area contributed by atoms with Crippen molar-refractivity contribution in [2.24, 2.45) is 5.41 Å². The summed E-state index contributed by atoms with van der Waals surface area (Å²) in [5.41, 5.74) is -1.23. The molecule has 2 atom stereocenters. The molecule has 2 heterocycles. The van der Waals surface area contributed by atoms with Gasteiger partial charge in [0, 0.05) is 35.6 Å². The lowest BCUT2D eigenvalue weighted by Gasteiger charge is -2.35. The molecule has 0 aliphatic carbocycles. The predicted molar refractivity (Wildman–Crippen MR) is 83.0 cm³/mol. The van der Waals surface area contributed by atoms with Crippen LogP contribution < -0.4 is 0 Å². The summed E-state index contributed by atoms with van der Waals surface area (Å²) in [6, 6.07) is 10.1. The summed E-state index contributed by atoms with van der Waals surface area (Å²) in [6.45, 7) is 3.15. The first-order valence-corrected chi connectivity index (χ1v) is 7.21. The summed E-state index contributed by atoms with van der Waals surface area (Å²) in [7, 11) is 0. The maximum atomic E-state index is 12.1. The Labute approximate surface area is 133 Å². The maximum absolute atomic E-state index is 12.1. The van der Waals surface area contributed by atoms with Crippen LogP contribution in [0.25, 0.3) is 0 Å². The van der Waals surface area contributed by atoms with Gasteiger partial charge in [-0.2, -0.15) is 0 Å². The Morgan fingerprint density at radius 2 is 1.26 bits per heavy atom. The molecule has 23 heavy (non-hydrogen) atoms. The molecule has 0 fully saturated rings. The van der Waals surface area contributed by atoms with Gasteiger partial charge in [0.1, 0.15) is 0 Å². The van der Waals surface area contributed by atoms with Gasteiger partial charge >= 0.3 is 11.9 Å². The Balaban J connectivity index is 2.61. The molecule has 0 radical (unpaired) electrons. The summed E-state index contributed by atoms with van der Waals surface area (Å²) in [5, 5.41) is 19.6. The number of hydrogen-bond acceptors (Lipinski definition) is 4. The van der Waals surface area contributed by atoms with Gasteiger partial charge in [-0.1, -0.05) is 26.0 Å². The number of hydrogen-bond donors (Lipinski definition) is 2. The lowest BCUT2D eigenvalue weighted by Crippen LogP contribution is -2.48. The number of aromatic nitrogens is 2. The second-order valence-electron chi connectivity index (χ2n) is 5.43. The van der Waals surface area contributed by atoms with Crippen molar-refractivity contribution in [3.8, 4) is 0 Å². The summed E-state index contributed by atoms with van der Waals surface area (Å²) >= 11 is 0. The van der Waals surface area contributed by atoms with E-state index in [1.165, 1.54) is 12.4 Å². The van der Waals surface area contributed by atoms with Gasteiger partial charge in [-0.25, -0.2) is 0 Å². The number of nitrogens with zero attached hydrogens (tertiary/aromatic N) is 2. The normalized spacial score (nSPS) is 14.0. The largest absolute Gasteiger partial charge is 0.480 e. The topological polar surface area (TPSA) is 100 Å². The van der Waals surface area contributed by atoms with Crippen molar-refractivity contribution in [1.29, 1.82) is 0 Å². The average Bonchev–Trinajstić information content (AvgIpc) is 2.56. The fourth-order valence-electron chi connectivity index (χ4n) is 2.94. The van der Waals surface area contributed by atoms with Crippen LogP contribution in [0, 0.1) is 5.41 Å². The van der Waals surface area contributed by atoms with Crippen LogP contribution in [-0.2, 0) is 9.59 Å². The van der Waals surface area contributed by atoms with E-state index in [0.29, 0.717) is 11.4 Å². The smallest absolute Gasteiger partial charge is 0.322 e. The van der Waals surface area contributed by atoms with Crippen LogP contribution in [0.3, 0.4) is 0 Å². The number of aliphatic carboxylic acids is 2. The second-order valence-corrected chi connectivity index (χ2v) is 5.43. The molecule has 6 heteroatoms. The Kier molecular flexibility index (Phi) is 4.74. The molecule has 0 spiro atoms. The molecule has 2 N–H and O–H groups in total. The van der Waals surface area contributed by atoms with Gasteiger partial charge in [0.2, 0.25) is 0 Å². The number of rotatable bonds is 6. The van der Waals surface area contributed by atoms with Gasteiger partial charge < -0.3 is 10.2 Å². The van der Waals surface area contributed by atoms with E-state index < -0.39 is 29.2 Å². The zero-order valence-corrected chi connectivity index (χ0v) is 12.9. The van der Waals surface area contributed by atoms with E-state index in [4.69, 9.17) is 0 Å². The Bertz CT molecular complexity index is 627. The molecule has 120 valence electrons. The van der Waals surface area contributed by atoms with Gasteiger partial charge in [0.25, 0.3) is 0 Å². The molecule has 2 aromatic heterocycles. The highest BCUT2D eigenvalue weighted by Crippen LogP contribution is 2.46. The monoisotopic (exact) mass is 314 g/mol. The molecule has 0 saturated heterocycles. The number of carbonyl (C=O) groups is 2. The highest BCUT2D eigenvalue weighted by Gasteiger charge is 2.57. The Morgan fingerprint density at radius 3 is 1.52 bits per heavy atom. The van der Waals surface area contributed by atoms with E-state index in [0.717, 1.165) is 0 Å². The van der Waals surface area contributed by atoms with Crippen LogP contribution >= 0.6 is 0 Å². The van der Waals surface area contributed by atoms with Crippen LogP contribution in [0.5, 0.6) is 0 Å². The van der Waals surface area contributed by atoms with Crippen molar-refractivity contribution in [3.63, 3.8) is 0 Å². The summed E-state index contributed by atoms with van der Waals surface area (Å²) in [6.07, 6.45) is 3.04. The molecule has 2 rings (SSSR count).